The van der Waals surface area contributed by atoms with Gasteiger partial charge in [0, 0.05) is 31.1 Å². The van der Waals surface area contributed by atoms with Crippen LogP contribution in [0, 0.1) is 0 Å². The fourth-order valence-corrected chi connectivity index (χ4v) is 4.90. The van der Waals surface area contributed by atoms with Gasteiger partial charge in [-0.25, -0.2) is 18.4 Å². The van der Waals surface area contributed by atoms with Crippen molar-refractivity contribution in [2.24, 2.45) is 0 Å². The zero-order valence-electron chi connectivity index (χ0n) is 13.8. The minimum Gasteiger partial charge on any atom is -0.353 e. The first-order valence-electron chi connectivity index (χ1n) is 8.02. The van der Waals surface area contributed by atoms with E-state index in [1.165, 1.54) is 16.1 Å². The lowest BCUT2D eigenvalue weighted by molar-refractivity contribution is 0.387. The van der Waals surface area contributed by atoms with Crippen LogP contribution in [-0.2, 0) is 10.0 Å². The van der Waals surface area contributed by atoms with Crippen LogP contribution in [0.4, 0.5) is 5.82 Å². The molecule has 0 N–H and O–H groups in total. The van der Waals surface area contributed by atoms with Crippen molar-refractivity contribution in [3.05, 3.63) is 42.7 Å². The fraction of sp³-hybridized carbons (Fsp3) is 0.294. The van der Waals surface area contributed by atoms with Crippen LogP contribution in [0.3, 0.4) is 0 Å². The second kappa shape index (κ2) is 6.36. The van der Waals surface area contributed by atoms with Gasteiger partial charge in [-0.3, -0.25) is 0 Å². The minimum absolute atomic E-state index is 0.486. The van der Waals surface area contributed by atoms with E-state index in [4.69, 9.17) is 0 Å². The summed E-state index contributed by atoms with van der Waals surface area (Å²) < 4.78 is 24.9. The highest BCUT2D eigenvalue weighted by Crippen LogP contribution is 2.36. The molecule has 25 heavy (non-hydrogen) atoms. The average Bonchev–Trinajstić information content (AvgIpc) is 3.06. The highest BCUT2D eigenvalue weighted by Gasteiger charge is 2.25. The number of thiophene rings is 1. The number of fused-ring (bicyclic) bond motifs is 1. The Labute approximate surface area is 150 Å². The Bertz CT molecular complexity index is 994. The van der Waals surface area contributed by atoms with E-state index in [1.54, 1.807) is 17.7 Å². The van der Waals surface area contributed by atoms with Gasteiger partial charge in [0.05, 0.1) is 11.6 Å². The molecule has 3 heterocycles. The molecule has 0 amide bonds. The fourth-order valence-electron chi connectivity index (χ4n) is 3.07. The Balaban J connectivity index is 1.66. The molecule has 130 valence electrons. The van der Waals surface area contributed by atoms with Crippen LogP contribution in [-0.4, -0.2) is 55.1 Å². The van der Waals surface area contributed by atoms with Gasteiger partial charge in [-0.15, -0.1) is 11.3 Å². The number of anilines is 1. The zero-order valence-corrected chi connectivity index (χ0v) is 15.4. The number of sulfonamides is 1. The van der Waals surface area contributed by atoms with Crippen molar-refractivity contribution in [1.29, 1.82) is 0 Å². The summed E-state index contributed by atoms with van der Waals surface area (Å²) in [5.74, 6) is 0.886. The maximum absolute atomic E-state index is 11.7. The largest absolute Gasteiger partial charge is 0.353 e. The van der Waals surface area contributed by atoms with Crippen LogP contribution < -0.4 is 4.90 Å². The van der Waals surface area contributed by atoms with Crippen molar-refractivity contribution in [3.8, 4) is 10.4 Å². The number of hydrogen-bond donors (Lipinski definition) is 0. The SMILES string of the molecule is CS(=O)(=O)N1CCN(c2ncnc3sc(-c4ccccc4)cc23)CC1. The van der Waals surface area contributed by atoms with Crippen molar-refractivity contribution in [1.82, 2.24) is 14.3 Å². The van der Waals surface area contributed by atoms with Gasteiger partial charge in [0.1, 0.15) is 17.0 Å². The molecule has 0 unspecified atom stereocenters. The average molecular weight is 374 g/mol. The third-order valence-corrected chi connectivity index (χ3v) is 6.77. The van der Waals surface area contributed by atoms with Gasteiger partial charge in [0.2, 0.25) is 10.0 Å². The molecule has 0 spiro atoms. The lowest BCUT2D eigenvalue weighted by atomic mass is 10.2. The zero-order chi connectivity index (χ0) is 17.4. The van der Waals surface area contributed by atoms with Crippen molar-refractivity contribution in [3.63, 3.8) is 0 Å². The molecule has 1 fully saturated rings. The molecule has 1 aromatic carbocycles. The summed E-state index contributed by atoms with van der Waals surface area (Å²) in [6.45, 7) is 2.24. The van der Waals surface area contributed by atoms with Gasteiger partial charge < -0.3 is 4.90 Å². The Hall–Kier alpha value is -2.03. The first kappa shape index (κ1) is 16.4. The second-order valence-corrected chi connectivity index (χ2v) is 9.05. The van der Waals surface area contributed by atoms with Gasteiger partial charge in [-0.05, 0) is 11.6 Å². The van der Waals surface area contributed by atoms with E-state index in [-0.39, 0.29) is 0 Å². The predicted octanol–water partition coefficient (Wildman–Crippen LogP) is 2.44. The summed E-state index contributed by atoms with van der Waals surface area (Å²) in [7, 11) is -3.13. The van der Waals surface area contributed by atoms with Crippen LogP contribution in [0.2, 0.25) is 0 Å². The molecule has 6 nitrogen and oxygen atoms in total. The van der Waals surface area contributed by atoms with Crippen LogP contribution >= 0.6 is 11.3 Å². The normalized spacial score (nSPS) is 16.4. The molecular formula is C17H18N4O2S2. The van der Waals surface area contributed by atoms with E-state index in [0.717, 1.165) is 20.9 Å². The molecule has 0 aliphatic carbocycles. The Kier molecular flexibility index (Phi) is 4.18. The molecule has 3 aromatic rings. The van der Waals surface area contributed by atoms with E-state index < -0.39 is 10.0 Å². The van der Waals surface area contributed by atoms with E-state index in [1.807, 2.05) is 18.2 Å². The predicted molar refractivity (Wildman–Crippen MR) is 101 cm³/mol. The molecule has 4 rings (SSSR count). The number of aromatic nitrogens is 2. The lowest BCUT2D eigenvalue weighted by Crippen LogP contribution is -2.48. The monoisotopic (exact) mass is 374 g/mol. The van der Waals surface area contributed by atoms with E-state index in [9.17, 15) is 8.42 Å². The molecule has 1 aliphatic heterocycles. The Morgan fingerprint density at radius 3 is 2.44 bits per heavy atom. The minimum atomic E-state index is -3.13. The molecule has 1 saturated heterocycles. The summed E-state index contributed by atoms with van der Waals surface area (Å²) in [6, 6.07) is 12.4. The summed E-state index contributed by atoms with van der Waals surface area (Å²) >= 11 is 1.65. The van der Waals surface area contributed by atoms with Gasteiger partial charge in [0.25, 0.3) is 0 Å². The summed E-state index contributed by atoms with van der Waals surface area (Å²) in [6.07, 6.45) is 2.85. The molecular weight excluding hydrogens is 356 g/mol. The third-order valence-electron chi connectivity index (χ3n) is 4.37. The Morgan fingerprint density at radius 1 is 1.04 bits per heavy atom. The first-order valence-corrected chi connectivity index (χ1v) is 10.7. The maximum atomic E-state index is 11.7. The summed E-state index contributed by atoms with van der Waals surface area (Å²) in [5, 5.41) is 1.03. The highest BCUT2D eigenvalue weighted by molar-refractivity contribution is 7.88. The van der Waals surface area contributed by atoms with Gasteiger partial charge in [-0.2, -0.15) is 4.31 Å². The van der Waals surface area contributed by atoms with Gasteiger partial charge in [-0.1, -0.05) is 30.3 Å². The van der Waals surface area contributed by atoms with Gasteiger partial charge in [0.15, 0.2) is 0 Å². The first-order chi connectivity index (χ1) is 12.0. The molecule has 1 aliphatic rings. The molecule has 2 aromatic heterocycles. The van der Waals surface area contributed by atoms with Crippen molar-refractivity contribution in [2.45, 2.75) is 0 Å². The quantitative estimate of drug-likeness (QED) is 0.704. The topological polar surface area (TPSA) is 66.4 Å². The maximum Gasteiger partial charge on any atom is 0.211 e. The molecule has 0 atom stereocenters. The van der Waals surface area contributed by atoms with E-state index in [2.05, 4.69) is 33.1 Å². The Morgan fingerprint density at radius 2 is 1.76 bits per heavy atom. The van der Waals surface area contributed by atoms with E-state index >= 15 is 0 Å². The number of hydrogen-bond acceptors (Lipinski definition) is 6. The summed E-state index contributed by atoms with van der Waals surface area (Å²) in [5.41, 5.74) is 1.17. The number of rotatable bonds is 3. The van der Waals surface area contributed by atoms with Crippen molar-refractivity contribution >= 4 is 37.4 Å². The van der Waals surface area contributed by atoms with Gasteiger partial charge >= 0.3 is 0 Å². The van der Waals surface area contributed by atoms with Crippen LogP contribution in [0.15, 0.2) is 42.7 Å². The van der Waals surface area contributed by atoms with Crippen molar-refractivity contribution < 1.29 is 8.42 Å². The molecule has 8 heteroatoms. The van der Waals surface area contributed by atoms with Crippen molar-refractivity contribution in [2.75, 3.05) is 37.3 Å². The third kappa shape index (κ3) is 3.24. The standard InChI is InChI=1S/C17H18N4O2S2/c1-25(22,23)21-9-7-20(8-10-21)16-14-11-15(13-5-3-2-4-6-13)24-17(14)19-12-18-16/h2-6,11-12H,7-10H2,1H3. The van der Waals surface area contributed by atoms with Crippen LogP contribution in [0.1, 0.15) is 0 Å². The molecule has 0 radical (unpaired) electrons. The highest BCUT2D eigenvalue weighted by atomic mass is 32.2. The number of piperazine rings is 1. The smallest absolute Gasteiger partial charge is 0.211 e. The molecule has 0 bridgehead atoms. The number of benzene rings is 1. The second-order valence-electron chi connectivity index (χ2n) is 6.04. The van der Waals surface area contributed by atoms with Crippen LogP contribution in [0.5, 0.6) is 0 Å². The molecule has 0 saturated carbocycles. The van der Waals surface area contributed by atoms with E-state index in [0.29, 0.717) is 26.2 Å². The van der Waals surface area contributed by atoms with Crippen LogP contribution in [0.25, 0.3) is 20.7 Å². The lowest BCUT2D eigenvalue weighted by Gasteiger charge is -2.34. The number of nitrogens with zero attached hydrogens (tertiary/aromatic N) is 4. The summed E-state index contributed by atoms with van der Waals surface area (Å²) in [4.78, 5) is 13.1.